The van der Waals surface area contributed by atoms with Gasteiger partial charge in [0.25, 0.3) is 0 Å². The highest BCUT2D eigenvalue weighted by molar-refractivity contribution is 5.91. The number of rotatable bonds is 4. The summed E-state index contributed by atoms with van der Waals surface area (Å²) in [6.45, 7) is 8.15. The maximum absolute atomic E-state index is 13.0. The van der Waals surface area contributed by atoms with Crippen LogP contribution >= 0.6 is 0 Å². The highest BCUT2D eigenvalue weighted by Gasteiger charge is 2.30. The van der Waals surface area contributed by atoms with E-state index in [9.17, 15) is 4.79 Å². The van der Waals surface area contributed by atoms with Crippen molar-refractivity contribution in [1.82, 2.24) is 19.8 Å². The third-order valence-electron chi connectivity index (χ3n) is 7.81. The van der Waals surface area contributed by atoms with Gasteiger partial charge in [0, 0.05) is 53.1 Å². The predicted octanol–water partition coefficient (Wildman–Crippen LogP) is 5.15. The second-order valence-corrected chi connectivity index (χ2v) is 10.0. The van der Waals surface area contributed by atoms with Gasteiger partial charge in [-0.3, -0.25) is 9.78 Å². The molecule has 0 saturated carbocycles. The van der Waals surface area contributed by atoms with Crippen LogP contribution in [-0.2, 0) is 11.2 Å². The first-order valence-electron chi connectivity index (χ1n) is 12.6. The highest BCUT2D eigenvalue weighted by Crippen LogP contribution is 2.35. The minimum atomic E-state index is 0.233. The Morgan fingerprint density at radius 1 is 1.06 bits per heavy atom. The van der Waals surface area contributed by atoms with Crippen molar-refractivity contribution in [1.29, 1.82) is 0 Å². The monoisotopic (exact) mass is 444 g/mol. The summed E-state index contributed by atoms with van der Waals surface area (Å²) >= 11 is 0. The van der Waals surface area contributed by atoms with Gasteiger partial charge in [-0.05, 0) is 100 Å². The maximum atomic E-state index is 13.0. The SMILES string of the molecule is CCc1c(-c2ccnc(C)c2)[nH]c2ccc(C3CCN(C(=O)C4CCN(C)CC4)CC3)cc12. The van der Waals surface area contributed by atoms with Crippen LogP contribution in [0.5, 0.6) is 0 Å². The Balaban J connectivity index is 1.32. The lowest BCUT2D eigenvalue weighted by atomic mass is 9.87. The number of nitrogens with zero attached hydrogens (tertiary/aromatic N) is 3. The molecule has 174 valence electrons. The summed E-state index contributed by atoms with van der Waals surface area (Å²) in [5.41, 5.74) is 7.46. The van der Waals surface area contributed by atoms with E-state index < -0.39 is 0 Å². The van der Waals surface area contributed by atoms with Gasteiger partial charge in [0.1, 0.15) is 0 Å². The molecular weight excluding hydrogens is 408 g/mol. The zero-order chi connectivity index (χ0) is 22.9. The molecule has 0 atom stereocenters. The van der Waals surface area contributed by atoms with Crippen LogP contribution in [0.3, 0.4) is 0 Å². The molecule has 2 fully saturated rings. The number of likely N-dealkylation sites (tertiary alicyclic amines) is 2. The van der Waals surface area contributed by atoms with Crippen molar-refractivity contribution in [3.8, 4) is 11.3 Å². The van der Waals surface area contributed by atoms with Crippen molar-refractivity contribution in [3.63, 3.8) is 0 Å². The van der Waals surface area contributed by atoms with Crippen LogP contribution in [0.15, 0.2) is 36.5 Å². The molecule has 0 spiro atoms. The number of piperidine rings is 2. The number of aryl methyl sites for hydroxylation is 2. The van der Waals surface area contributed by atoms with Crippen molar-refractivity contribution >= 4 is 16.8 Å². The number of amides is 1. The van der Waals surface area contributed by atoms with Gasteiger partial charge in [-0.1, -0.05) is 13.0 Å². The molecule has 5 rings (SSSR count). The van der Waals surface area contributed by atoms with Crippen molar-refractivity contribution in [2.24, 2.45) is 5.92 Å². The second-order valence-electron chi connectivity index (χ2n) is 10.0. The molecule has 4 heterocycles. The summed E-state index contributed by atoms with van der Waals surface area (Å²) in [4.78, 5) is 25.5. The summed E-state index contributed by atoms with van der Waals surface area (Å²) in [5, 5.41) is 1.34. The largest absolute Gasteiger partial charge is 0.354 e. The van der Waals surface area contributed by atoms with Gasteiger partial charge in [-0.15, -0.1) is 0 Å². The third kappa shape index (κ3) is 4.43. The number of carbonyl (C=O) groups excluding carboxylic acids is 1. The van der Waals surface area contributed by atoms with E-state index in [0.29, 0.717) is 11.8 Å². The molecule has 0 bridgehead atoms. The first kappa shape index (κ1) is 22.1. The summed E-state index contributed by atoms with van der Waals surface area (Å²) in [5.74, 6) is 1.16. The first-order valence-corrected chi connectivity index (χ1v) is 12.6. The molecule has 2 aliphatic rings. The van der Waals surface area contributed by atoms with Crippen molar-refractivity contribution in [2.45, 2.75) is 51.9 Å². The fourth-order valence-corrected chi connectivity index (χ4v) is 5.78. The van der Waals surface area contributed by atoms with Crippen LogP contribution < -0.4 is 0 Å². The lowest BCUT2D eigenvalue weighted by Gasteiger charge is -2.36. The minimum absolute atomic E-state index is 0.233. The number of hydrogen-bond donors (Lipinski definition) is 1. The van der Waals surface area contributed by atoms with Crippen LogP contribution in [0, 0.1) is 12.8 Å². The average molecular weight is 445 g/mol. The zero-order valence-electron chi connectivity index (χ0n) is 20.2. The van der Waals surface area contributed by atoms with E-state index in [4.69, 9.17) is 0 Å². The molecule has 0 unspecified atom stereocenters. The van der Waals surface area contributed by atoms with E-state index in [-0.39, 0.29) is 5.92 Å². The molecule has 1 N–H and O–H groups in total. The molecule has 1 aromatic carbocycles. The quantitative estimate of drug-likeness (QED) is 0.606. The molecule has 33 heavy (non-hydrogen) atoms. The molecule has 2 aromatic heterocycles. The molecule has 2 saturated heterocycles. The molecule has 0 radical (unpaired) electrons. The normalized spacial score (nSPS) is 18.8. The van der Waals surface area contributed by atoms with Gasteiger partial charge in [0.05, 0.1) is 0 Å². The summed E-state index contributed by atoms with van der Waals surface area (Å²) < 4.78 is 0. The number of aromatic amines is 1. The topological polar surface area (TPSA) is 52.2 Å². The van der Waals surface area contributed by atoms with Crippen LogP contribution in [-0.4, -0.2) is 58.9 Å². The summed E-state index contributed by atoms with van der Waals surface area (Å²) in [7, 11) is 2.15. The van der Waals surface area contributed by atoms with E-state index in [0.717, 1.165) is 64.0 Å². The number of hydrogen-bond acceptors (Lipinski definition) is 3. The van der Waals surface area contributed by atoms with Crippen molar-refractivity contribution in [2.75, 3.05) is 33.2 Å². The van der Waals surface area contributed by atoms with Crippen LogP contribution in [0.25, 0.3) is 22.2 Å². The van der Waals surface area contributed by atoms with Crippen LogP contribution in [0.4, 0.5) is 0 Å². The minimum Gasteiger partial charge on any atom is -0.354 e. The molecule has 2 aliphatic heterocycles. The third-order valence-corrected chi connectivity index (χ3v) is 7.81. The van der Waals surface area contributed by atoms with Gasteiger partial charge >= 0.3 is 0 Å². The molecule has 5 heteroatoms. The lowest BCUT2D eigenvalue weighted by molar-refractivity contribution is -0.138. The van der Waals surface area contributed by atoms with Crippen LogP contribution in [0.1, 0.15) is 55.3 Å². The highest BCUT2D eigenvalue weighted by atomic mass is 16.2. The Labute approximate surface area is 197 Å². The van der Waals surface area contributed by atoms with E-state index in [1.165, 1.54) is 33.3 Å². The van der Waals surface area contributed by atoms with Gasteiger partial charge in [0.15, 0.2) is 0 Å². The number of nitrogens with one attached hydrogen (secondary N) is 1. The standard InChI is InChI=1S/C28H36N4O/c1-4-24-25-18-22(5-6-26(25)30-27(24)23-7-12-29-19(2)17-23)20-10-15-32(16-11-20)28(33)21-8-13-31(3)14-9-21/h5-7,12,17-18,20-21,30H,4,8-11,13-16H2,1-3H3. The molecule has 5 nitrogen and oxygen atoms in total. The number of aromatic nitrogens is 2. The number of carbonyl (C=O) groups is 1. The van der Waals surface area contributed by atoms with Gasteiger partial charge in [0.2, 0.25) is 5.91 Å². The molecule has 1 amide bonds. The lowest BCUT2D eigenvalue weighted by Crippen LogP contribution is -2.44. The Morgan fingerprint density at radius 2 is 1.82 bits per heavy atom. The van der Waals surface area contributed by atoms with E-state index >= 15 is 0 Å². The first-order chi connectivity index (χ1) is 16.0. The van der Waals surface area contributed by atoms with Gasteiger partial charge in [-0.2, -0.15) is 0 Å². The maximum Gasteiger partial charge on any atom is 0.225 e. The fourth-order valence-electron chi connectivity index (χ4n) is 5.78. The average Bonchev–Trinajstić information content (AvgIpc) is 3.22. The van der Waals surface area contributed by atoms with E-state index in [1.54, 1.807) is 0 Å². The zero-order valence-corrected chi connectivity index (χ0v) is 20.2. The summed E-state index contributed by atoms with van der Waals surface area (Å²) in [6.07, 6.45) is 7.03. The smallest absolute Gasteiger partial charge is 0.225 e. The van der Waals surface area contributed by atoms with Gasteiger partial charge < -0.3 is 14.8 Å². The number of pyridine rings is 1. The van der Waals surface area contributed by atoms with Crippen molar-refractivity contribution in [3.05, 3.63) is 53.3 Å². The van der Waals surface area contributed by atoms with E-state index in [1.807, 2.05) is 13.1 Å². The van der Waals surface area contributed by atoms with Crippen LogP contribution in [0.2, 0.25) is 0 Å². The Morgan fingerprint density at radius 3 is 2.52 bits per heavy atom. The van der Waals surface area contributed by atoms with E-state index in [2.05, 4.69) is 64.1 Å². The summed E-state index contributed by atoms with van der Waals surface area (Å²) in [6, 6.07) is 11.2. The second kappa shape index (κ2) is 9.30. The Hall–Kier alpha value is -2.66. The number of H-pyrrole nitrogens is 1. The Bertz CT molecular complexity index is 1130. The molecule has 0 aliphatic carbocycles. The molecular formula is C28H36N4O. The number of benzene rings is 1. The molecule has 3 aromatic rings. The van der Waals surface area contributed by atoms with Crippen molar-refractivity contribution < 1.29 is 4.79 Å². The fraction of sp³-hybridized carbons (Fsp3) is 0.500. The predicted molar refractivity (Wildman–Crippen MR) is 134 cm³/mol. The van der Waals surface area contributed by atoms with Gasteiger partial charge in [-0.25, -0.2) is 0 Å². The number of fused-ring (bicyclic) bond motifs is 1. The Kier molecular flexibility index (Phi) is 6.24.